The highest BCUT2D eigenvalue weighted by Crippen LogP contribution is 2.21. The van der Waals surface area contributed by atoms with Crippen molar-refractivity contribution >= 4 is 6.03 Å². The van der Waals surface area contributed by atoms with Crippen molar-refractivity contribution in [2.45, 2.75) is 12.2 Å². The maximum absolute atomic E-state index is 10.1. The molecule has 1 rings (SSSR count). The number of ether oxygens (including phenoxy) is 1. The molecule has 0 saturated carbocycles. The Morgan fingerprint density at radius 3 is 2.80 bits per heavy atom. The third kappa shape index (κ3) is 1.58. The normalized spacial score (nSPS) is 30.9. The van der Waals surface area contributed by atoms with E-state index in [1.165, 1.54) is 0 Å². The molecule has 5 nitrogen and oxygen atoms in total. The average Bonchev–Trinajstić information content (AvgIpc) is 1.79. The minimum atomic E-state index is -1.16. The van der Waals surface area contributed by atoms with E-state index >= 15 is 0 Å². The Morgan fingerprint density at radius 1 is 1.90 bits per heavy atom. The molecule has 1 heterocycles. The van der Waals surface area contributed by atoms with Crippen molar-refractivity contribution in [3.8, 4) is 0 Å². The molecule has 1 fully saturated rings. The van der Waals surface area contributed by atoms with Gasteiger partial charge >= 0.3 is 6.03 Å². The molecule has 1 saturated heterocycles. The van der Waals surface area contributed by atoms with Crippen LogP contribution in [0.15, 0.2) is 0 Å². The molecule has 10 heavy (non-hydrogen) atoms. The topological polar surface area (TPSA) is 84.6 Å². The lowest BCUT2D eigenvalue weighted by Crippen LogP contribution is -2.53. The van der Waals surface area contributed by atoms with Crippen molar-refractivity contribution in [2.75, 3.05) is 13.2 Å². The molecule has 1 unspecified atom stereocenters. The highest BCUT2D eigenvalue weighted by Gasteiger charge is 2.35. The molecule has 2 amide bonds. The van der Waals surface area contributed by atoms with Crippen LogP contribution in [-0.4, -0.2) is 30.1 Å². The van der Waals surface area contributed by atoms with Gasteiger partial charge in [-0.25, -0.2) is 4.79 Å². The Kier molecular flexibility index (Phi) is 1.78. The van der Waals surface area contributed by atoms with Crippen LogP contribution in [0.4, 0.5) is 4.79 Å². The van der Waals surface area contributed by atoms with Crippen LogP contribution in [0.25, 0.3) is 0 Å². The van der Waals surface area contributed by atoms with Gasteiger partial charge in [0.2, 0.25) is 0 Å². The summed E-state index contributed by atoms with van der Waals surface area (Å²) in [6, 6.07) is -0.649. The molecule has 4 N–H and O–H groups in total. The van der Waals surface area contributed by atoms with Crippen molar-refractivity contribution in [2.24, 2.45) is 5.73 Å². The van der Waals surface area contributed by atoms with Crippen LogP contribution < -0.4 is 11.1 Å². The molecule has 5 heteroatoms. The zero-order valence-electron chi connectivity index (χ0n) is 5.46. The molecule has 0 aromatic heterocycles. The number of aliphatic hydroxyl groups is 1. The van der Waals surface area contributed by atoms with Gasteiger partial charge in [0.05, 0.1) is 13.2 Å². The van der Waals surface area contributed by atoms with Crippen molar-refractivity contribution < 1.29 is 14.6 Å². The van der Waals surface area contributed by atoms with Crippen LogP contribution in [0.1, 0.15) is 6.42 Å². The molecule has 1 aliphatic heterocycles. The number of urea groups is 1. The molecule has 0 spiro atoms. The predicted octanol–water partition coefficient (Wildman–Crippen LogP) is -1.24. The van der Waals surface area contributed by atoms with Crippen LogP contribution >= 0.6 is 0 Å². The second kappa shape index (κ2) is 2.43. The van der Waals surface area contributed by atoms with Crippen molar-refractivity contribution in [1.82, 2.24) is 5.32 Å². The van der Waals surface area contributed by atoms with Crippen LogP contribution in [0.3, 0.4) is 0 Å². The average molecular weight is 146 g/mol. The maximum Gasteiger partial charge on any atom is 0.312 e. The van der Waals surface area contributed by atoms with Gasteiger partial charge in [-0.3, -0.25) is 0 Å². The van der Waals surface area contributed by atoms with E-state index in [1.807, 2.05) is 0 Å². The Morgan fingerprint density at radius 2 is 2.50 bits per heavy atom. The minimum Gasteiger partial charge on any atom is -0.364 e. The van der Waals surface area contributed by atoms with E-state index in [2.05, 4.69) is 5.32 Å². The number of rotatable bonds is 2. The minimum absolute atomic E-state index is 0.0718. The van der Waals surface area contributed by atoms with Gasteiger partial charge in [-0.2, -0.15) is 0 Å². The third-order valence-corrected chi connectivity index (χ3v) is 1.40. The van der Waals surface area contributed by atoms with E-state index in [1.54, 1.807) is 0 Å². The van der Waals surface area contributed by atoms with Gasteiger partial charge < -0.3 is 20.9 Å². The van der Waals surface area contributed by atoms with Crippen LogP contribution in [0.5, 0.6) is 0 Å². The summed E-state index contributed by atoms with van der Waals surface area (Å²) in [6.07, 6.45) is 0.549. The van der Waals surface area contributed by atoms with Gasteiger partial charge in [0.25, 0.3) is 0 Å². The Labute approximate surface area is 58.2 Å². The lowest BCUT2D eigenvalue weighted by molar-refractivity contribution is -0.276. The van der Waals surface area contributed by atoms with E-state index in [4.69, 9.17) is 15.6 Å². The number of carbonyl (C=O) groups excluding carboxylic acids is 1. The van der Waals surface area contributed by atoms with Crippen molar-refractivity contribution in [3.63, 3.8) is 0 Å². The van der Waals surface area contributed by atoms with Crippen molar-refractivity contribution in [1.29, 1.82) is 0 Å². The van der Waals surface area contributed by atoms with Gasteiger partial charge in [0, 0.05) is 6.42 Å². The van der Waals surface area contributed by atoms with Gasteiger partial charge in [0.15, 0.2) is 5.79 Å². The molecule has 1 aliphatic rings. The zero-order chi connectivity index (χ0) is 7.61. The van der Waals surface area contributed by atoms with Gasteiger partial charge in [0.1, 0.15) is 0 Å². The zero-order valence-corrected chi connectivity index (χ0v) is 5.46. The molecular weight excluding hydrogens is 136 g/mol. The number of amides is 2. The number of carbonyl (C=O) groups is 1. The summed E-state index contributed by atoms with van der Waals surface area (Å²) in [4.78, 5) is 10.1. The van der Waals surface area contributed by atoms with E-state index in [-0.39, 0.29) is 6.54 Å². The lowest BCUT2D eigenvalue weighted by Gasteiger charge is -2.36. The second-order valence-electron chi connectivity index (χ2n) is 2.26. The molecule has 0 aromatic rings. The van der Waals surface area contributed by atoms with Crippen LogP contribution in [-0.2, 0) is 4.74 Å². The van der Waals surface area contributed by atoms with Crippen molar-refractivity contribution in [3.05, 3.63) is 0 Å². The first kappa shape index (κ1) is 7.30. The van der Waals surface area contributed by atoms with E-state index in [9.17, 15) is 4.79 Å². The predicted molar refractivity (Wildman–Crippen MR) is 33.1 cm³/mol. The summed E-state index contributed by atoms with van der Waals surface area (Å²) >= 11 is 0. The monoisotopic (exact) mass is 146 g/mol. The molecular formula is C5H10N2O3. The smallest absolute Gasteiger partial charge is 0.312 e. The molecule has 0 radical (unpaired) electrons. The Balaban J connectivity index is 2.18. The summed E-state index contributed by atoms with van der Waals surface area (Å²) in [5.74, 6) is -1.16. The number of nitrogens with one attached hydrogen (secondary N) is 1. The molecule has 0 aromatic carbocycles. The number of nitrogens with two attached hydrogens (primary N) is 1. The standard InChI is InChI=1S/C5H10N2O3/c6-4(8)7-3-5(9)1-2-10-5/h9H,1-3H2,(H3,6,7,8). The summed E-state index contributed by atoms with van der Waals surface area (Å²) < 4.78 is 4.75. The number of hydrogen-bond acceptors (Lipinski definition) is 3. The molecule has 0 bridgehead atoms. The van der Waals surface area contributed by atoms with E-state index in [0.717, 1.165) is 0 Å². The maximum atomic E-state index is 10.1. The fourth-order valence-corrected chi connectivity index (χ4v) is 0.702. The highest BCUT2D eigenvalue weighted by molar-refractivity contribution is 5.71. The van der Waals surface area contributed by atoms with E-state index < -0.39 is 11.8 Å². The summed E-state index contributed by atoms with van der Waals surface area (Å²) in [5, 5.41) is 11.4. The third-order valence-electron chi connectivity index (χ3n) is 1.40. The number of hydrogen-bond donors (Lipinski definition) is 3. The molecule has 58 valence electrons. The fraction of sp³-hybridized carbons (Fsp3) is 0.800. The fourth-order valence-electron chi connectivity index (χ4n) is 0.702. The molecule has 1 atom stereocenters. The Hall–Kier alpha value is -0.810. The SMILES string of the molecule is NC(=O)NCC1(O)CCO1. The van der Waals surface area contributed by atoms with Crippen LogP contribution in [0, 0.1) is 0 Å². The largest absolute Gasteiger partial charge is 0.364 e. The quantitative estimate of drug-likeness (QED) is 0.455. The first-order valence-electron chi connectivity index (χ1n) is 3.02. The molecule has 0 aliphatic carbocycles. The first-order chi connectivity index (χ1) is 4.62. The van der Waals surface area contributed by atoms with Gasteiger partial charge in [-0.15, -0.1) is 0 Å². The van der Waals surface area contributed by atoms with Gasteiger partial charge in [-0.05, 0) is 0 Å². The number of primary amides is 1. The first-order valence-corrected chi connectivity index (χ1v) is 3.02. The summed E-state index contributed by atoms with van der Waals surface area (Å²) in [5.41, 5.74) is 4.76. The summed E-state index contributed by atoms with van der Waals surface area (Å²) in [6.45, 7) is 0.610. The van der Waals surface area contributed by atoms with Gasteiger partial charge in [-0.1, -0.05) is 0 Å². The van der Waals surface area contributed by atoms with E-state index in [0.29, 0.717) is 13.0 Å². The summed E-state index contributed by atoms with van der Waals surface area (Å²) in [7, 11) is 0. The second-order valence-corrected chi connectivity index (χ2v) is 2.26. The highest BCUT2D eigenvalue weighted by atomic mass is 16.6. The van der Waals surface area contributed by atoms with Crippen LogP contribution in [0.2, 0.25) is 0 Å². The Bertz CT molecular complexity index is 144. The lowest BCUT2D eigenvalue weighted by atomic mass is 10.1.